The Morgan fingerprint density at radius 3 is 3.08 bits per heavy atom. The molecule has 0 radical (unpaired) electrons. The fourth-order valence-electron chi connectivity index (χ4n) is 0.940. The molecule has 4 heteroatoms. The molecule has 3 nitrogen and oxygen atoms in total. The van der Waals surface area contributed by atoms with E-state index in [9.17, 15) is 0 Å². The number of nitrogens with two attached hydrogens (primary N) is 1. The molecule has 0 fully saturated rings. The predicted octanol–water partition coefficient (Wildman–Crippen LogP) is 1.57. The molecule has 1 aromatic rings. The van der Waals surface area contributed by atoms with Crippen molar-refractivity contribution < 1.29 is 4.74 Å². The van der Waals surface area contributed by atoms with E-state index in [1.807, 2.05) is 0 Å². The van der Waals surface area contributed by atoms with Gasteiger partial charge in [0.15, 0.2) is 0 Å². The van der Waals surface area contributed by atoms with Crippen LogP contribution in [0.4, 0.5) is 0 Å². The van der Waals surface area contributed by atoms with Crippen molar-refractivity contribution in [2.24, 2.45) is 5.73 Å². The minimum absolute atomic E-state index is 0.622. The summed E-state index contributed by atoms with van der Waals surface area (Å²) < 4.78 is 5.38. The highest BCUT2D eigenvalue weighted by atomic mass is 32.1. The van der Waals surface area contributed by atoms with E-state index in [0.29, 0.717) is 13.2 Å². The maximum absolute atomic E-state index is 5.38. The highest BCUT2D eigenvalue weighted by Gasteiger charge is 1.99. The fraction of sp³-hybridized carbons (Fsp3) is 0.667. The Bertz CT molecular complexity index is 237. The maximum atomic E-state index is 5.38. The topological polar surface area (TPSA) is 48.1 Å². The third kappa shape index (κ3) is 3.85. The first kappa shape index (κ1) is 10.6. The van der Waals surface area contributed by atoms with Gasteiger partial charge in [-0.1, -0.05) is 6.92 Å². The molecule has 0 saturated heterocycles. The van der Waals surface area contributed by atoms with Gasteiger partial charge in [-0.05, 0) is 19.4 Å². The summed E-state index contributed by atoms with van der Waals surface area (Å²) in [4.78, 5) is 4.39. The predicted molar refractivity (Wildman–Crippen MR) is 54.8 cm³/mol. The molecule has 1 rings (SSSR count). The van der Waals surface area contributed by atoms with Gasteiger partial charge in [0.1, 0.15) is 0 Å². The quantitative estimate of drug-likeness (QED) is 0.709. The molecule has 0 aliphatic rings. The van der Waals surface area contributed by atoms with E-state index < -0.39 is 0 Å². The number of rotatable bonds is 6. The lowest BCUT2D eigenvalue weighted by atomic mass is 10.4. The number of aromatic nitrogens is 1. The van der Waals surface area contributed by atoms with E-state index >= 15 is 0 Å². The maximum Gasteiger partial charge on any atom is 0.0926 e. The summed E-state index contributed by atoms with van der Waals surface area (Å²) in [6, 6.07) is 0. The van der Waals surface area contributed by atoms with Crippen molar-refractivity contribution in [2.45, 2.75) is 26.4 Å². The minimum atomic E-state index is 0.622. The number of hydrogen-bond acceptors (Lipinski definition) is 4. The number of hydrogen-bond donors (Lipinski definition) is 1. The third-order valence-corrected chi connectivity index (χ3v) is 2.69. The average molecular weight is 200 g/mol. The summed E-state index contributed by atoms with van der Waals surface area (Å²) in [5.74, 6) is 0. The first-order valence-electron chi connectivity index (χ1n) is 4.58. The van der Waals surface area contributed by atoms with Crippen LogP contribution in [0, 0.1) is 0 Å². The van der Waals surface area contributed by atoms with Gasteiger partial charge < -0.3 is 10.5 Å². The zero-order valence-electron chi connectivity index (χ0n) is 7.95. The van der Waals surface area contributed by atoms with Gasteiger partial charge in [-0.25, -0.2) is 4.98 Å². The van der Waals surface area contributed by atoms with Crippen LogP contribution >= 0.6 is 11.3 Å². The summed E-state index contributed by atoms with van der Waals surface area (Å²) in [5, 5.41) is 3.23. The summed E-state index contributed by atoms with van der Waals surface area (Å²) in [5.41, 5.74) is 6.38. The highest BCUT2D eigenvalue weighted by Crippen LogP contribution is 2.10. The number of thiazole rings is 1. The fourth-order valence-corrected chi connectivity index (χ4v) is 1.67. The van der Waals surface area contributed by atoms with Gasteiger partial charge in [-0.3, -0.25) is 0 Å². The van der Waals surface area contributed by atoms with Crippen LogP contribution in [0.3, 0.4) is 0 Å². The standard InChI is InChI=1S/C9H16N2OS/c1-2-9-11-8(7-13-9)6-12-5-3-4-10/h7H,2-6,10H2,1H3. The Hall–Kier alpha value is -0.450. The molecule has 0 atom stereocenters. The van der Waals surface area contributed by atoms with Crippen LogP contribution in [-0.4, -0.2) is 18.1 Å². The van der Waals surface area contributed by atoms with Crippen LogP contribution in [0.2, 0.25) is 0 Å². The summed E-state index contributed by atoms with van der Waals surface area (Å²) in [7, 11) is 0. The Kier molecular flexibility index (Phi) is 4.97. The van der Waals surface area contributed by atoms with Crippen molar-refractivity contribution in [1.82, 2.24) is 4.98 Å². The van der Waals surface area contributed by atoms with Gasteiger partial charge in [0.25, 0.3) is 0 Å². The van der Waals surface area contributed by atoms with Crippen LogP contribution in [0.25, 0.3) is 0 Å². The zero-order chi connectivity index (χ0) is 9.52. The number of nitrogens with zero attached hydrogens (tertiary/aromatic N) is 1. The van der Waals surface area contributed by atoms with Crippen LogP contribution in [-0.2, 0) is 17.8 Å². The molecule has 0 spiro atoms. The van der Waals surface area contributed by atoms with Gasteiger partial charge in [-0.15, -0.1) is 11.3 Å². The van der Waals surface area contributed by atoms with Crippen molar-refractivity contribution in [3.8, 4) is 0 Å². The van der Waals surface area contributed by atoms with Crippen molar-refractivity contribution in [1.29, 1.82) is 0 Å². The molecule has 0 aliphatic heterocycles. The van der Waals surface area contributed by atoms with Crippen LogP contribution in [0.1, 0.15) is 24.0 Å². The lowest BCUT2D eigenvalue weighted by Gasteiger charge is -1.99. The highest BCUT2D eigenvalue weighted by molar-refractivity contribution is 7.09. The van der Waals surface area contributed by atoms with E-state index in [4.69, 9.17) is 10.5 Å². The van der Waals surface area contributed by atoms with Crippen LogP contribution < -0.4 is 5.73 Å². The minimum Gasteiger partial charge on any atom is -0.375 e. The van der Waals surface area contributed by atoms with E-state index in [2.05, 4.69) is 17.3 Å². The monoisotopic (exact) mass is 200 g/mol. The number of ether oxygens (including phenoxy) is 1. The van der Waals surface area contributed by atoms with Crippen molar-refractivity contribution in [3.05, 3.63) is 16.1 Å². The molecule has 0 aliphatic carbocycles. The molecule has 0 bridgehead atoms. The lowest BCUT2D eigenvalue weighted by molar-refractivity contribution is 0.117. The van der Waals surface area contributed by atoms with E-state index in [0.717, 1.165) is 25.1 Å². The van der Waals surface area contributed by atoms with E-state index in [1.54, 1.807) is 11.3 Å². The van der Waals surface area contributed by atoms with Gasteiger partial charge >= 0.3 is 0 Å². The lowest BCUT2D eigenvalue weighted by Crippen LogP contribution is -2.04. The molecular weight excluding hydrogens is 184 g/mol. The Morgan fingerprint density at radius 1 is 1.62 bits per heavy atom. The molecule has 1 heterocycles. The summed E-state index contributed by atoms with van der Waals surface area (Å²) in [6.07, 6.45) is 1.93. The van der Waals surface area contributed by atoms with E-state index in [1.165, 1.54) is 5.01 Å². The summed E-state index contributed by atoms with van der Waals surface area (Å²) in [6.45, 7) is 4.15. The molecule has 0 aromatic carbocycles. The van der Waals surface area contributed by atoms with Crippen molar-refractivity contribution in [2.75, 3.05) is 13.2 Å². The van der Waals surface area contributed by atoms with Gasteiger partial charge in [-0.2, -0.15) is 0 Å². The first-order valence-corrected chi connectivity index (χ1v) is 5.46. The molecule has 0 unspecified atom stereocenters. The molecular formula is C9H16N2OS. The second-order valence-corrected chi connectivity index (χ2v) is 3.72. The molecule has 1 aromatic heterocycles. The molecule has 13 heavy (non-hydrogen) atoms. The van der Waals surface area contributed by atoms with Crippen molar-refractivity contribution in [3.63, 3.8) is 0 Å². The normalized spacial score (nSPS) is 10.6. The van der Waals surface area contributed by atoms with E-state index in [-0.39, 0.29) is 0 Å². The second-order valence-electron chi connectivity index (χ2n) is 2.78. The molecule has 0 saturated carbocycles. The second kappa shape index (κ2) is 6.07. The Labute approximate surface area is 82.9 Å². The average Bonchev–Trinajstić information content (AvgIpc) is 2.60. The van der Waals surface area contributed by atoms with Gasteiger partial charge in [0, 0.05) is 12.0 Å². The SMILES string of the molecule is CCc1nc(COCCCN)cs1. The zero-order valence-corrected chi connectivity index (χ0v) is 8.77. The van der Waals surface area contributed by atoms with Crippen molar-refractivity contribution >= 4 is 11.3 Å². The Morgan fingerprint density at radius 2 is 2.46 bits per heavy atom. The Balaban J connectivity index is 2.20. The largest absolute Gasteiger partial charge is 0.375 e. The first-order chi connectivity index (χ1) is 6.36. The number of aryl methyl sites for hydroxylation is 1. The van der Waals surface area contributed by atoms with Crippen LogP contribution in [0.5, 0.6) is 0 Å². The third-order valence-electron chi connectivity index (χ3n) is 1.64. The molecule has 0 amide bonds. The van der Waals surface area contributed by atoms with Gasteiger partial charge in [0.05, 0.1) is 17.3 Å². The van der Waals surface area contributed by atoms with Crippen LogP contribution in [0.15, 0.2) is 5.38 Å². The summed E-state index contributed by atoms with van der Waals surface area (Å²) >= 11 is 1.70. The van der Waals surface area contributed by atoms with Gasteiger partial charge in [0.2, 0.25) is 0 Å². The molecule has 74 valence electrons. The molecule has 2 N–H and O–H groups in total. The smallest absolute Gasteiger partial charge is 0.0926 e.